The van der Waals surface area contributed by atoms with Crippen LogP contribution >= 0.6 is 11.3 Å². The highest BCUT2D eigenvalue weighted by Gasteiger charge is 2.07. The van der Waals surface area contributed by atoms with Crippen molar-refractivity contribution < 1.29 is 4.79 Å². The van der Waals surface area contributed by atoms with Crippen LogP contribution in [0.2, 0.25) is 0 Å². The molecule has 0 aliphatic rings. The van der Waals surface area contributed by atoms with Crippen LogP contribution in [0.5, 0.6) is 0 Å². The highest BCUT2D eigenvalue weighted by atomic mass is 32.1. The number of hydrogen-bond donors (Lipinski definition) is 2. The lowest BCUT2D eigenvalue weighted by atomic mass is 10.0. The van der Waals surface area contributed by atoms with Crippen molar-refractivity contribution in [3.63, 3.8) is 0 Å². The van der Waals surface area contributed by atoms with Crippen LogP contribution in [0.25, 0.3) is 11.1 Å². The Hall–Kier alpha value is -2.73. The summed E-state index contributed by atoms with van der Waals surface area (Å²) in [5, 5.41) is 11.5. The molecule has 0 fully saturated rings. The van der Waals surface area contributed by atoms with Crippen molar-refractivity contribution in [3.8, 4) is 11.1 Å². The first kappa shape index (κ1) is 14.2. The van der Waals surface area contributed by atoms with Crippen LogP contribution < -0.4 is 11.1 Å². The smallest absolute Gasteiger partial charge is 0.251 e. The van der Waals surface area contributed by atoms with Crippen LogP contribution in [-0.4, -0.2) is 16.1 Å². The molecule has 6 heteroatoms. The molecular formula is C16H14N4OS. The van der Waals surface area contributed by atoms with Crippen molar-refractivity contribution in [2.24, 2.45) is 0 Å². The largest absolute Gasteiger partial charge is 0.374 e. The van der Waals surface area contributed by atoms with Gasteiger partial charge in [0.1, 0.15) is 5.01 Å². The van der Waals surface area contributed by atoms with Crippen molar-refractivity contribution in [2.45, 2.75) is 6.54 Å². The lowest BCUT2D eigenvalue weighted by molar-refractivity contribution is 0.0951. The molecular weight excluding hydrogens is 296 g/mol. The fourth-order valence-corrected chi connectivity index (χ4v) is 2.59. The van der Waals surface area contributed by atoms with E-state index >= 15 is 0 Å². The predicted molar refractivity (Wildman–Crippen MR) is 87.4 cm³/mol. The highest BCUT2D eigenvalue weighted by Crippen LogP contribution is 2.19. The van der Waals surface area contributed by atoms with E-state index in [9.17, 15) is 4.79 Å². The molecule has 22 heavy (non-hydrogen) atoms. The maximum atomic E-state index is 12.1. The SMILES string of the molecule is Nc1nnc(CNC(=O)c2ccc(-c3ccccc3)cc2)s1. The van der Waals surface area contributed by atoms with Crippen LogP contribution in [0, 0.1) is 0 Å². The second kappa shape index (κ2) is 6.36. The molecule has 1 heterocycles. The molecule has 0 aliphatic carbocycles. The third-order valence-electron chi connectivity index (χ3n) is 3.14. The Morgan fingerprint density at radius 1 is 1.00 bits per heavy atom. The van der Waals surface area contributed by atoms with Gasteiger partial charge in [-0.15, -0.1) is 10.2 Å². The summed E-state index contributed by atoms with van der Waals surface area (Å²) < 4.78 is 0. The standard InChI is InChI=1S/C16H14N4OS/c17-16-20-19-14(22-16)10-18-15(21)13-8-6-12(7-9-13)11-4-2-1-3-5-11/h1-9H,10H2,(H2,17,20)(H,18,21). The van der Waals surface area contributed by atoms with Gasteiger partial charge in [-0.3, -0.25) is 4.79 Å². The summed E-state index contributed by atoms with van der Waals surface area (Å²) in [4.78, 5) is 12.1. The third kappa shape index (κ3) is 3.29. The second-order valence-corrected chi connectivity index (χ2v) is 5.75. The van der Waals surface area contributed by atoms with E-state index in [2.05, 4.69) is 15.5 Å². The van der Waals surface area contributed by atoms with Crippen LogP contribution in [0.3, 0.4) is 0 Å². The zero-order valence-electron chi connectivity index (χ0n) is 11.7. The van der Waals surface area contributed by atoms with Crippen molar-refractivity contribution in [3.05, 3.63) is 65.2 Å². The molecule has 0 unspecified atom stereocenters. The van der Waals surface area contributed by atoms with Gasteiger partial charge < -0.3 is 11.1 Å². The maximum Gasteiger partial charge on any atom is 0.251 e. The Morgan fingerprint density at radius 2 is 1.68 bits per heavy atom. The molecule has 3 N–H and O–H groups in total. The number of benzene rings is 2. The van der Waals surface area contributed by atoms with Gasteiger partial charge in [0, 0.05) is 5.56 Å². The average Bonchev–Trinajstić information content (AvgIpc) is 2.99. The van der Waals surface area contributed by atoms with Gasteiger partial charge >= 0.3 is 0 Å². The summed E-state index contributed by atoms with van der Waals surface area (Å²) in [5.41, 5.74) is 8.31. The third-order valence-corrected chi connectivity index (χ3v) is 3.89. The van der Waals surface area contributed by atoms with E-state index in [0.717, 1.165) is 11.1 Å². The topological polar surface area (TPSA) is 80.9 Å². The summed E-state index contributed by atoms with van der Waals surface area (Å²) in [7, 11) is 0. The molecule has 0 spiro atoms. The summed E-state index contributed by atoms with van der Waals surface area (Å²) in [5.74, 6) is -0.145. The number of carbonyl (C=O) groups is 1. The fourth-order valence-electron chi connectivity index (χ4n) is 2.04. The van der Waals surface area contributed by atoms with Gasteiger partial charge in [0.25, 0.3) is 5.91 Å². The molecule has 0 aliphatic heterocycles. The summed E-state index contributed by atoms with van der Waals surface area (Å²) in [6, 6.07) is 17.5. The van der Waals surface area contributed by atoms with Crippen molar-refractivity contribution >= 4 is 22.4 Å². The Balaban J connectivity index is 1.66. The molecule has 0 radical (unpaired) electrons. The monoisotopic (exact) mass is 310 g/mol. The second-order valence-electron chi connectivity index (χ2n) is 4.66. The summed E-state index contributed by atoms with van der Waals surface area (Å²) in [6.45, 7) is 0.328. The summed E-state index contributed by atoms with van der Waals surface area (Å²) in [6.07, 6.45) is 0. The lowest BCUT2D eigenvalue weighted by Gasteiger charge is -2.05. The Labute approximate surface area is 131 Å². The van der Waals surface area contributed by atoms with Crippen molar-refractivity contribution in [1.29, 1.82) is 0 Å². The van der Waals surface area contributed by atoms with Gasteiger partial charge in [-0.05, 0) is 23.3 Å². The van der Waals surface area contributed by atoms with E-state index in [4.69, 9.17) is 5.73 Å². The number of amides is 1. The van der Waals surface area contributed by atoms with E-state index in [0.29, 0.717) is 22.2 Å². The van der Waals surface area contributed by atoms with E-state index in [1.165, 1.54) is 11.3 Å². The lowest BCUT2D eigenvalue weighted by Crippen LogP contribution is -2.22. The van der Waals surface area contributed by atoms with E-state index in [1.807, 2.05) is 54.6 Å². The summed E-state index contributed by atoms with van der Waals surface area (Å²) >= 11 is 1.27. The molecule has 5 nitrogen and oxygen atoms in total. The zero-order valence-corrected chi connectivity index (χ0v) is 12.5. The van der Waals surface area contributed by atoms with Gasteiger partial charge in [0.2, 0.25) is 5.13 Å². The van der Waals surface area contributed by atoms with E-state index in [-0.39, 0.29) is 5.91 Å². The Morgan fingerprint density at radius 3 is 2.32 bits per heavy atom. The molecule has 0 saturated heterocycles. The molecule has 1 amide bonds. The number of nitrogens with zero attached hydrogens (tertiary/aromatic N) is 2. The average molecular weight is 310 g/mol. The minimum atomic E-state index is -0.145. The van der Waals surface area contributed by atoms with Gasteiger partial charge in [0.05, 0.1) is 6.54 Å². The molecule has 1 aromatic heterocycles. The van der Waals surface area contributed by atoms with Crippen molar-refractivity contribution in [2.75, 3.05) is 5.73 Å². The number of nitrogen functional groups attached to an aromatic ring is 1. The van der Waals surface area contributed by atoms with E-state index < -0.39 is 0 Å². The first-order valence-corrected chi connectivity index (χ1v) is 7.55. The maximum absolute atomic E-state index is 12.1. The number of anilines is 1. The fraction of sp³-hybridized carbons (Fsp3) is 0.0625. The first-order valence-electron chi connectivity index (χ1n) is 6.74. The Bertz CT molecular complexity index is 768. The normalized spacial score (nSPS) is 10.4. The number of rotatable bonds is 4. The molecule has 0 bridgehead atoms. The van der Waals surface area contributed by atoms with Gasteiger partial charge in [-0.2, -0.15) is 0 Å². The van der Waals surface area contributed by atoms with Crippen LogP contribution in [0.1, 0.15) is 15.4 Å². The number of hydrogen-bond acceptors (Lipinski definition) is 5. The van der Waals surface area contributed by atoms with E-state index in [1.54, 1.807) is 0 Å². The molecule has 3 aromatic rings. The molecule has 110 valence electrons. The number of nitrogens with one attached hydrogen (secondary N) is 1. The highest BCUT2D eigenvalue weighted by molar-refractivity contribution is 7.15. The molecule has 2 aromatic carbocycles. The minimum absolute atomic E-state index is 0.145. The zero-order chi connectivity index (χ0) is 15.4. The quantitative estimate of drug-likeness (QED) is 0.776. The number of carbonyl (C=O) groups excluding carboxylic acids is 1. The van der Waals surface area contributed by atoms with Crippen LogP contribution in [-0.2, 0) is 6.54 Å². The number of aromatic nitrogens is 2. The number of nitrogens with two attached hydrogens (primary N) is 1. The molecule has 0 saturated carbocycles. The minimum Gasteiger partial charge on any atom is -0.374 e. The van der Waals surface area contributed by atoms with Crippen LogP contribution in [0.15, 0.2) is 54.6 Å². The molecule has 3 rings (SSSR count). The van der Waals surface area contributed by atoms with Gasteiger partial charge in [-0.25, -0.2) is 0 Å². The van der Waals surface area contributed by atoms with Gasteiger partial charge in [-0.1, -0.05) is 53.8 Å². The predicted octanol–water partition coefficient (Wildman–Crippen LogP) is 2.72. The first-order chi connectivity index (χ1) is 10.7. The van der Waals surface area contributed by atoms with Crippen molar-refractivity contribution in [1.82, 2.24) is 15.5 Å². The molecule has 0 atom stereocenters. The Kier molecular flexibility index (Phi) is 4.11. The van der Waals surface area contributed by atoms with Crippen LogP contribution in [0.4, 0.5) is 5.13 Å². The van der Waals surface area contributed by atoms with Gasteiger partial charge in [0.15, 0.2) is 0 Å².